The van der Waals surface area contributed by atoms with Crippen LogP contribution in [0.15, 0.2) is 42.6 Å². The van der Waals surface area contributed by atoms with E-state index in [0.717, 1.165) is 0 Å². The van der Waals surface area contributed by atoms with Crippen molar-refractivity contribution in [3.8, 4) is 0 Å². The van der Waals surface area contributed by atoms with Crippen LogP contribution in [-0.4, -0.2) is 18.6 Å². The Morgan fingerprint density at radius 2 is 1.75 bits per heavy atom. The molecule has 1 aromatic heterocycles. The number of H-pyrrole nitrogens is 1. The summed E-state index contributed by atoms with van der Waals surface area (Å²) in [5.74, 6) is 0. The smallest absolute Gasteiger partial charge is 1.00 e. The molecule has 0 unspecified atom stereocenters. The second kappa shape index (κ2) is 7.70. The molecule has 0 atom stereocenters. The van der Waals surface area contributed by atoms with Crippen molar-refractivity contribution in [2.75, 3.05) is 0 Å². The Labute approximate surface area is 144 Å². The number of hydrogen-bond acceptors (Lipinski definition) is 0. The maximum Gasteiger partial charge on any atom is -1.00 e. The predicted molar refractivity (Wildman–Crippen MR) is 76.5 cm³/mol. The molecule has 20 heavy (non-hydrogen) atoms. The number of aromatic nitrogens is 1. The van der Waals surface area contributed by atoms with Gasteiger partial charge in [0.1, 0.15) is 0 Å². The molecule has 102 valence electrons. The van der Waals surface area contributed by atoms with Crippen molar-refractivity contribution in [3.63, 3.8) is 0 Å². The average Bonchev–Trinajstić information content (AvgIpc) is 2.98. The molecule has 5 heteroatoms. The molecule has 0 spiro atoms. The van der Waals surface area contributed by atoms with E-state index in [2.05, 4.69) is 60.6 Å². The zero-order valence-electron chi connectivity index (χ0n) is 11.4. The van der Waals surface area contributed by atoms with E-state index in [1.807, 2.05) is 6.20 Å². The SMILES string of the molecule is C[Si](C)=C1C=c2ccccc2=[C]1[Zr+2][c]1ccc[nH]1.[Cl-].[Cl-]. The van der Waals surface area contributed by atoms with E-state index in [4.69, 9.17) is 0 Å². The van der Waals surface area contributed by atoms with E-state index in [1.54, 1.807) is 8.45 Å². The molecular weight excluding hydrogens is 384 g/mol. The second-order valence-electron chi connectivity index (χ2n) is 4.73. The molecule has 0 fully saturated rings. The van der Waals surface area contributed by atoms with Gasteiger partial charge >= 0.3 is 121 Å². The standard InChI is InChI=1S/C11H11Si.C4H4N.2ClH.Zr/c1-12(2)11-7-9-5-3-4-6-10(9)8-11;1-2-4-5-3-1;;;/h3-7H,1-2H3;1-3,5H;2*1H;/q;;;;+2/p-2. The van der Waals surface area contributed by atoms with Crippen molar-refractivity contribution in [1.82, 2.24) is 4.98 Å². The van der Waals surface area contributed by atoms with E-state index in [9.17, 15) is 0 Å². The van der Waals surface area contributed by atoms with Gasteiger partial charge in [-0.1, -0.05) is 0 Å². The van der Waals surface area contributed by atoms with Crippen molar-refractivity contribution >= 4 is 26.3 Å². The molecule has 0 aliphatic heterocycles. The number of benzene rings is 1. The number of rotatable bonds is 2. The summed E-state index contributed by atoms with van der Waals surface area (Å²) in [6.07, 6.45) is 4.48. The maximum atomic E-state index is 3.39. The molecule has 1 aliphatic rings. The normalized spacial score (nSPS) is 11.7. The Kier molecular flexibility index (Phi) is 6.87. The van der Waals surface area contributed by atoms with E-state index in [-0.39, 0.29) is 33.2 Å². The quantitative estimate of drug-likeness (QED) is 0.487. The van der Waals surface area contributed by atoms with E-state index < -0.39 is 23.2 Å². The zero-order chi connectivity index (χ0) is 12.5. The van der Waals surface area contributed by atoms with Gasteiger partial charge in [0.25, 0.3) is 0 Å². The van der Waals surface area contributed by atoms with Crippen LogP contribution in [0.4, 0.5) is 0 Å². The molecule has 1 aliphatic carbocycles. The minimum atomic E-state index is -0.685. The maximum absolute atomic E-state index is 3.39. The van der Waals surface area contributed by atoms with E-state index in [0.29, 0.717) is 0 Å². The Balaban J connectivity index is 0.000001000. The summed E-state index contributed by atoms with van der Waals surface area (Å²) in [6.45, 7) is 4.80. The summed E-state index contributed by atoms with van der Waals surface area (Å²) >= 11 is -0.685. The molecule has 1 nitrogen and oxygen atoms in total. The number of halogens is 2. The molecule has 3 rings (SSSR count). The number of fused-ring (bicyclic) bond motifs is 1. The van der Waals surface area contributed by atoms with E-state index in [1.165, 1.54) is 13.8 Å². The fraction of sp³-hybridized carbons (Fsp3) is 0.133. The minimum absolute atomic E-state index is 0. The van der Waals surface area contributed by atoms with Gasteiger partial charge in [0, 0.05) is 0 Å². The molecular formula is C15H15Cl2NSiZr. The summed E-state index contributed by atoms with van der Waals surface area (Å²) in [5.41, 5.74) is 0. The van der Waals surface area contributed by atoms with Crippen molar-refractivity contribution in [2.24, 2.45) is 0 Å². The topological polar surface area (TPSA) is 15.8 Å². The second-order valence-corrected chi connectivity index (χ2v) is 10.4. The van der Waals surface area contributed by atoms with Crippen LogP contribution in [0, 0.1) is 0 Å². The van der Waals surface area contributed by atoms with E-state index >= 15 is 0 Å². The third kappa shape index (κ3) is 3.51. The van der Waals surface area contributed by atoms with Crippen LogP contribution < -0.4 is 38.7 Å². The first-order chi connectivity index (χ1) is 8.75. The van der Waals surface area contributed by atoms with Gasteiger partial charge in [0.05, 0.1) is 0 Å². The minimum Gasteiger partial charge on any atom is -1.00 e. The van der Waals surface area contributed by atoms with Gasteiger partial charge in [-0.3, -0.25) is 0 Å². The van der Waals surface area contributed by atoms with Gasteiger partial charge in [-0.25, -0.2) is 0 Å². The van der Waals surface area contributed by atoms with Gasteiger partial charge in [0.15, 0.2) is 0 Å². The van der Waals surface area contributed by atoms with Crippen molar-refractivity contribution < 1.29 is 48.0 Å². The summed E-state index contributed by atoms with van der Waals surface area (Å²) in [7, 11) is -0.377. The fourth-order valence-corrected chi connectivity index (χ4v) is 8.47. The molecule has 1 heterocycles. The van der Waals surface area contributed by atoms with Gasteiger partial charge in [-0.2, -0.15) is 0 Å². The largest absolute Gasteiger partial charge is 1.00 e. The monoisotopic (exact) mass is 397 g/mol. The molecule has 1 aromatic carbocycles. The van der Waals surface area contributed by atoms with Gasteiger partial charge < -0.3 is 24.8 Å². The van der Waals surface area contributed by atoms with Crippen LogP contribution in [0.3, 0.4) is 0 Å². The van der Waals surface area contributed by atoms with Crippen molar-refractivity contribution in [1.29, 1.82) is 0 Å². The van der Waals surface area contributed by atoms with Crippen LogP contribution >= 0.6 is 0 Å². The Morgan fingerprint density at radius 1 is 1.00 bits per heavy atom. The van der Waals surface area contributed by atoms with Gasteiger partial charge in [-0.05, 0) is 0 Å². The van der Waals surface area contributed by atoms with Crippen molar-refractivity contribution in [3.05, 3.63) is 53.0 Å². The van der Waals surface area contributed by atoms with Gasteiger partial charge in [0.2, 0.25) is 0 Å². The molecule has 0 radical (unpaired) electrons. The van der Waals surface area contributed by atoms with Crippen molar-refractivity contribution in [2.45, 2.75) is 13.1 Å². The van der Waals surface area contributed by atoms with Crippen LogP contribution in [0.1, 0.15) is 0 Å². The number of hydrogen-bond donors (Lipinski definition) is 1. The molecule has 1 N–H and O–H groups in total. The summed E-state index contributed by atoms with van der Waals surface area (Å²) in [5, 5.41) is 4.59. The average molecular weight is 400 g/mol. The first-order valence-corrected chi connectivity index (χ1v) is 11.1. The first kappa shape index (κ1) is 17.8. The first-order valence-electron chi connectivity index (χ1n) is 6.15. The van der Waals surface area contributed by atoms with Crippen LogP contribution in [-0.2, 0) is 23.2 Å². The fourth-order valence-electron chi connectivity index (χ4n) is 2.30. The Bertz CT molecular complexity index is 731. The molecule has 0 amide bonds. The molecule has 0 saturated carbocycles. The number of nitrogens with one attached hydrogen (secondary N) is 1. The third-order valence-corrected chi connectivity index (χ3v) is 8.65. The Hall–Kier alpha value is -0.210. The van der Waals surface area contributed by atoms with Crippen LogP contribution in [0.2, 0.25) is 13.1 Å². The summed E-state index contributed by atoms with van der Waals surface area (Å²) in [4.78, 5) is 3.39. The predicted octanol–water partition coefficient (Wildman–Crippen LogP) is -5.16. The van der Waals surface area contributed by atoms with Gasteiger partial charge in [-0.15, -0.1) is 0 Å². The molecule has 2 aromatic rings. The van der Waals surface area contributed by atoms with Crippen LogP contribution in [0.5, 0.6) is 0 Å². The summed E-state index contributed by atoms with van der Waals surface area (Å²) in [6, 6.07) is 13.2. The zero-order valence-corrected chi connectivity index (χ0v) is 16.3. The third-order valence-electron chi connectivity index (χ3n) is 3.20. The summed E-state index contributed by atoms with van der Waals surface area (Å²) < 4.78 is 3.16. The number of aromatic amines is 1. The molecule has 0 saturated heterocycles. The molecule has 0 bridgehead atoms. The van der Waals surface area contributed by atoms with Crippen LogP contribution in [0.25, 0.3) is 9.36 Å². The Morgan fingerprint density at radius 3 is 2.40 bits per heavy atom.